The fourth-order valence-electron chi connectivity index (χ4n) is 2.70. The van der Waals surface area contributed by atoms with Crippen LogP contribution in [0.3, 0.4) is 0 Å². The summed E-state index contributed by atoms with van der Waals surface area (Å²) in [5, 5.41) is 4.65. The number of ether oxygens (including phenoxy) is 2. The monoisotopic (exact) mass is 432 g/mol. The molecule has 12 heteroatoms. The fourth-order valence-corrected chi connectivity index (χ4v) is 2.70. The van der Waals surface area contributed by atoms with Crippen LogP contribution in [0.1, 0.15) is 17.7 Å². The van der Waals surface area contributed by atoms with E-state index in [9.17, 15) is 26.7 Å². The molecule has 4 N–H and O–H groups in total. The van der Waals surface area contributed by atoms with Crippen LogP contribution in [0.25, 0.3) is 0 Å². The molecule has 1 aromatic heterocycles. The van der Waals surface area contributed by atoms with Crippen LogP contribution >= 0.6 is 0 Å². The van der Waals surface area contributed by atoms with E-state index in [4.69, 9.17) is 15.2 Å². The van der Waals surface area contributed by atoms with Gasteiger partial charge in [0.2, 0.25) is 0 Å². The highest BCUT2D eigenvalue weighted by Gasteiger charge is 2.35. The van der Waals surface area contributed by atoms with E-state index >= 15 is 0 Å². The van der Waals surface area contributed by atoms with E-state index in [1.807, 2.05) is 0 Å². The third-order valence-electron chi connectivity index (χ3n) is 4.20. The lowest BCUT2D eigenvalue weighted by Crippen LogP contribution is -2.47. The summed E-state index contributed by atoms with van der Waals surface area (Å²) >= 11 is 0. The second-order valence-electron chi connectivity index (χ2n) is 6.58. The van der Waals surface area contributed by atoms with Gasteiger partial charge in [-0.2, -0.15) is 13.2 Å². The van der Waals surface area contributed by atoms with Gasteiger partial charge in [-0.25, -0.2) is 13.6 Å². The number of benzene rings is 1. The molecule has 1 atom stereocenters. The molecule has 1 fully saturated rings. The lowest BCUT2D eigenvalue weighted by Gasteiger charge is -2.22. The van der Waals surface area contributed by atoms with Gasteiger partial charge >= 0.3 is 12.3 Å². The minimum absolute atomic E-state index is 0.0384. The lowest BCUT2D eigenvalue weighted by atomic mass is 10.1. The van der Waals surface area contributed by atoms with E-state index in [0.29, 0.717) is 19.1 Å². The van der Waals surface area contributed by atoms with E-state index < -0.39 is 40.9 Å². The third-order valence-corrected chi connectivity index (χ3v) is 4.20. The minimum atomic E-state index is -4.81. The Hall–Kier alpha value is -2.99. The molecule has 1 aliphatic rings. The number of halogens is 5. The Morgan fingerprint density at radius 2 is 2.07 bits per heavy atom. The zero-order valence-electron chi connectivity index (χ0n) is 15.4. The van der Waals surface area contributed by atoms with Gasteiger partial charge in [0, 0.05) is 12.5 Å². The Bertz CT molecular complexity index is 933. The fraction of sp³-hybridized carbons (Fsp3) is 0.333. The van der Waals surface area contributed by atoms with Crippen LogP contribution < -0.4 is 16.4 Å². The summed E-state index contributed by atoms with van der Waals surface area (Å²) in [7, 11) is 0. The average Bonchev–Trinajstić information content (AvgIpc) is 3.07. The highest BCUT2D eigenvalue weighted by molar-refractivity contribution is 5.68. The molecular formula is C18H17F5N4O3. The number of rotatable bonds is 5. The number of nitrogens with two attached hydrogens (primary N) is 1. The maximum Gasteiger partial charge on any atom is 0.418 e. The average molecular weight is 432 g/mol. The Balaban J connectivity index is 1.65. The molecule has 1 aliphatic heterocycles. The zero-order valence-corrected chi connectivity index (χ0v) is 15.4. The second-order valence-corrected chi connectivity index (χ2v) is 6.58. The van der Waals surface area contributed by atoms with Crippen molar-refractivity contribution in [2.45, 2.75) is 24.9 Å². The van der Waals surface area contributed by atoms with Gasteiger partial charge < -0.3 is 20.1 Å². The number of alkyl halides is 3. The predicted molar refractivity (Wildman–Crippen MR) is 94.6 cm³/mol. The molecule has 0 unspecified atom stereocenters. The van der Waals surface area contributed by atoms with Gasteiger partial charge in [0.25, 0.3) is 0 Å². The first-order valence-corrected chi connectivity index (χ1v) is 8.67. The summed E-state index contributed by atoms with van der Waals surface area (Å²) in [6.45, 7) is 0.0431. The topological polar surface area (TPSA) is 98.5 Å². The van der Waals surface area contributed by atoms with Crippen molar-refractivity contribution in [3.63, 3.8) is 0 Å². The van der Waals surface area contributed by atoms with Gasteiger partial charge in [-0.15, -0.1) is 0 Å². The number of hydrogen-bond donors (Lipinski definition) is 3. The number of amides is 1. The van der Waals surface area contributed by atoms with E-state index in [1.54, 1.807) is 0 Å². The molecule has 2 aromatic rings. The SMILES string of the molecule is N[C@]1(OC(=O)NCc2ncc(Nc3ccc(F)cc3C(F)(F)F)cc2F)CCOC1. The predicted octanol–water partition coefficient (Wildman–Crippen LogP) is 3.42. The van der Waals surface area contributed by atoms with E-state index in [-0.39, 0.29) is 24.5 Å². The van der Waals surface area contributed by atoms with Crippen molar-refractivity contribution in [3.05, 3.63) is 53.4 Å². The molecule has 2 heterocycles. The summed E-state index contributed by atoms with van der Waals surface area (Å²) in [5.41, 5.74) is 2.55. The van der Waals surface area contributed by atoms with Gasteiger partial charge in [0.15, 0.2) is 5.72 Å². The molecule has 0 saturated carbocycles. The van der Waals surface area contributed by atoms with Crippen LogP contribution in [0, 0.1) is 11.6 Å². The Kier molecular flexibility index (Phi) is 6.08. The Morgan fingerprint density at radius 3 is 2.70 bits per heavy atom. The summed E-state index contributed by atoms with van der Waals surface area (Å²) in [4.78, 5) is 15.6. The van der Waals surface area contributed by atoms with E-state index in [0.717, 1.165) is 24.4 Å². The number of alkyl carbamates (subject to hydrolysis) is 1. The molecule has 0 bridgehead atoms. The van der Waals surface area contributed by atoms with Gasteiger partial charge in [-0.05, 0) is 18.2 Å². The summed E-state index contributed by atoms with van der Waals surface area (Å²) in [6, 6.07) is 2.95. The molecule has 162 valence electrons. The second kappa shape index (κ2) is 8.40. The Morgan fingerprint density at radius 1 is 1.30 bits per heavy atom. The van der Waals surface area contributed by atoms with Crippen molar-refractivity contribution in [1.82, 2.24) is 10.3 Å². The van der Waals surface area contributed by atoms with Crippen LogP contribution in [0.2, 0.25) is 0 Å². The molecule has 1 amide bonds. The largest absolute Gasteiger partial charge is 0.425 e. The first-order valence-electron chi connectivity index (χ1n) is 8.67. The van der Waals surface area contributed by atoms with Crippen LogP contribution in [0.4, 0.5) is 38.1 Å². The highest BCUT2D eigenvalue weighted by atomic mass is 19.4. The number of carbonyl (C=O) groups excluding carboxylic acids is 1. The van der Waals surface area contributed by atoms with Crippen LogP contribution in [-0.4, -0.2) is 30.0 Å². The number of nitrogens with zero attached hydrogens (tertiary/aromatic N) is 1. The molecule has 1 saturated heterocycles. The third kappa shape index (κ3) is 5.33. The van der Waals surface area contributed by atoms with Gasteiger partial charge in [0.1, 0.15) is 18.2 Å². The van der Waals surface area contributed by atoms with Crippen LogP contribution in [-0.2, 0) is 22.2 Å². The van der Waals surface area contributed by atoms with Gasteiger partial charge in [0.05, 0.1) is 42.0 Å². The first kappa shape index (κ1) is 21.7. The maximum absolute atomic E-state index is 14.3. The maximum atomic E-state index is 14.3. The van der Waals surface area contributed by atoms with Crippen molar-refractivity contribution in [3.8, 4) is 0 Å². The standard InChI is InChI=1S/C18H17F5N4O3/c19-10-1-2-14(12(5-10)18(21,22)23)27-11-6-13(20)15(25-7-11)8-26-16(28)30-17(24)3-4-29-9-17/h1-2,5-7,27H,3-4,8-9,24H2,(H,26,28)/t17-/m0/s1. The minimum Gasteiger partial charge on any atom is -0.425 e. The number of anilines is 2. The molecule has 3 rings (SSSR count). The number of aromatic nitrogens is 1. The molecule has 1 aromatic carbocycles. The van der Waals surface area contributed by atoms with E-state index in [1.165, 1.54) is 0 Å². The zero-order chi connectivity index (χ0) is 21.9. The number of pyridine rings is 1. The molecule has 30 heavy (non-hydrogen) atoms. The van der Waals surface area contributed by atoms with Crippen molar-refractivity contribution in [2.75, 3.05) is 18.5 Å². The van der Waals surface area contributed by atoms with Gasteiger partial charge in [-0.3, -0.25) is 10.7 Å². The molecule has 0 spiro atoms. The summed E-state index contributed by atoms with van der Waals surface area (Å²) < 4.78 is 76.7. The first-order chi connectivity index (χ1) is 14.1. The van der Waals surface area contributed by atoms with Crippen LogP contribution in [0.15, 0.2) is 30.5 Å². The quantitative estimate of drug-likeness (QED) is 0.495. The van der Waals surface area contributed by atoms with Crippen molar-refractivity contribution in [1.29, 1.82) is 0 Å². The molecule has 7 nitrogen and oxygen atoms in total. The van der Waals surface area contributed by atoms with Gasteiger partial charge in [-0.1, -0.05) is 0 Å². The summed E-state index contributed by atoms with van der Waals surface area (Å²) in [5.74, 6) is -1.95. The molecular weight excluding hydrogens is 415 g/mol. The number of nitrogens with one attached hydrogen (secondary N) is 2. The van der Waals surface area contributed by atoms with Crippen molar-refractivity contribution >= 4 is 17.5 Å². The molecule has 0 aliphatic carbocycles. The smallest absolute Gasteiger partial charge is 0.418 e. The van der Waals surface area contributed by atoms with E-state index in [2.05, 4.69) is 15.6 Å². The van der Waals surface area contributed by atoms with Crippen molar-refractivity contribution < 1.29 is 36.2 Å². The normalized spacial score (nSPS) is 18.9. The lowest BCUT2D eigenvalue weighted by molar-refractivity contribution is -0.137. The number of carbonyl (C=O) groups is 1. The molecule has 0 radical (unpaired) electrons. The van der Waals surface area contributed by atoms with Crippen molar-refractivity contribution in [2.24, 2.45) is 5.73 Å². The highest BCUT2D eigenvalue weighted by Crippen LogP contribution is 2.36. The Labute approximate surface area is 167 Å². The van der Waals surface area contributed by atoms with Crippen LogP contribution in [0.5, 0.6) is 0 Å². The summed E-state index contributed by atoms with van der Waals surface area (Å²) in [6.07, 6.45) is -4.32. The number of hydrogen-bond acceptors (Lipinski definition) is 6.